The molecule has 3 heteroatoms. The largest absolute Gasteiger partial charge is 0.394 e. The molecule has 0 spiro atoms. The molecule has 2 N–H and O–H groups in total. The highest BCUT2D eigenvalue weighted by atomic mass is 16.1. The van der Waals surface area contributed by atoms with E-state index in [0.717, 1.165) is 5.69 Å². The van der Waals surface area contributed by atoms with Crippen molar-refractivity contribution in [3.8, 4) is 0 Å². The standard InChI is InChI=1S/C10H12N2O/c1-11-8-7-10(13)12-9-5-3-2-4-6-9/h2-8,11H,1H3,(H,12,13)/b8-7-. The summed E-state index contributed by atoms with van der Waals surface area (Å²) in [6.45, 7) is 0. The van der Waals surface area contributed by atoms with Crippen LogP contribution in [-0.4, -0.2) is 13.0 Å². The van der Waals surface area contributed by atoms with Crippen molar-refractivity contribution >= 4 is 11.6 Å². The van der Waals surface area contributed by atoms with Crippen LogP contribution in [-0.2, 0) is 4.79 Å². The zero-order valence-electron chi connectivity index (χ0n) is 7.45. The van der Waals surface area contributed by atoms with Gasteiger partial charge in [-0.1, -0.05) is 18.2 Å². The maximum atomic E-state index is 11.1. The predicted octanol–water partition coefficient (Wildman–Crippen LogP) is 1.36. The molecule has 1 amide bonds. The Balaban J connectivity index is 2.50. The molecule has 1 rings (SSSR count). The number of rotatable bonds is 3. The fraction of sp³-hybridized carbons (Fsp3) is 0.100. The summed E-state index contributed by atoms with van der Waals surface area (Å²) in [6, 6.07) is 9.32. The van der Waals surface area contributed by atoms with E-state index in [9.17, 15) is 4.79 Å². The van der Waals surface area contributed by atoms with E-state index in [1.165, 1.54) is 6.08 Å². The molecule has 0 aliphatic rings. The van der Waals surface area contributed by atoms with Crippen LogP contribution in [0, 0.1) is 0 Å². The highest BCUT2D eigenvalue weighted by molar-refractivity contribution is 5.99. The summed E-state index contributed by atoms with van der Waals surface area (Å²) in [7, 11) is 1.74. The Bertz CT molecular complexity index is 293. The van der Waals surface area contributed by atoms with E-state index in [0.29, 0.717) is 0 Å². The molecule has 0 saturated carbocycles. The Morgan fingerprint density at radius 1 is 1.31 bits per heavy atom. The lowest BCUT2D eigenvalue weighted by Gasteiger charge is -1.99. The lowest BCUT2D eigenvalue weighted by atomic mass is 10.3. The first-order valence-electron chi connectivity index (χ1n) is 4.03. The number of anilines is 1. The predicted molar refractivity (Wildman–Crippen MR) is 53.3 cm³/mol. The van der Waals surface area contributed by atoms with Gasteiger partial charge in [0.05, 0.1) is 0 Å². The van der Waals surface area contributed by atoms with Gasteiger partial charge in [0.2, 0.25) is 5.91 Å². The number of para-hydroxylation sites is 1. The fourth-order valence-corrected chi connectivity index (χ4v) is 0.864. The zero-order chi connectivity index (χ0) is 9.52. The zero-order valence-corrected chi connectivity index (χ0v) is 7.45. The van der Waals surface area contributed by atoms with Crippen LogP contribution in [0.15, 0.2) is 42.6 Å². The van der Waals surface area contributed by atoms with Gasteiger partial charge in [0.25, 0.3) is 0 Å². The SMILES string of the molecule is CN/C=C\C(=O)Nc1ccccc1. The number of nitrogens with one attached hydrogen (secondary N) is 2. The van der Waals surface area contributed by atoms with Crippen LogP contribution in [0.4, 0.5) is 5.69 Å². The minimum atomic E-state index is -0.138. The van der Waals surface area contributed by atoms with Gasteiger partial charge in [-0.05, 0) is 12.1 Å². The Morgan fingerprint density at radius 3 is 2.62 bits per heavy atom. The Kier molecular flexibility index (Phi) is 3.57. The van der Waals surface area contributed by atoms with Crippen molar-refractivity contribution in [3.05, 3.63) is 42.6 Å². The highest BCUT2D eigenvalue weighted by Crippen LogP contribution is 2.04. The minimum absolute atomic E-state index is 0.138. The van der Waals surface area contributed by atoms with Crippen molar-refractivity contribution < 1.29 is 4.79 Å². The second-order valence-corrected chi connectivity index (χ2v) is 2.48. The average Bonchev–Trinajstić information content (AvgIpc) is 2.16. The van der Waals surface area contributed by atoms with Crippen LogP contribution < -0.4 is 10.6 Å². The molecule has 3 nitrogen and oxygen atoms in total. The minimum Gasteiger partial charge on any atom is -0.394 e. The van der Waals surface area contributed by atoms with Crippen molar-refractivity contribution in [3.63, 3.8) is 0 Å². The number of hydrogen-bond acceptors (Lipinski definition) is 2. The van der Waals surface area contributed by atoms with Crippen LogP contribution in [0.25, 0.3) is 0 Å². The maximum absolute atomic E-state index is 11.1. The van der Waals surface area contributed by atoms with E-state index in [1.807, 2.05) is 30.3 Å². The van der Waals surface area contributed by atoms with E-state index >= 15 is 0 Å². The summed E-state index contributed by atoms with van der Waals surface area (Å²) in [4.78, 5) is 11.1. The van der Waals surface area contributed by atoms with E-state index in [2.05, 4.69) is 10.6 Å². The van der Waals surface area contributed by atoms with Crippen molar-refractivity contribution in [2.75, 3.05) is 12.4 Å². The molecule has 0 radical (unpaired) electrons. The van der Waals surface area contributed by atoms with Gasteiger partial charge >= 0.3 is 0 Å². The van der Waals surface area contributed by atoms with Gasteiger partial charge in [-0.2, -0.15) is 0 Å². The van der Waals surface area contributed by atoms with Crippen molar-refractivity contribution in [2.24, 2.45) is 0 Å². The average molecular weight is 176 g/mol. The molecule has 0 heterocycles. The summed E-state index contributed by atoms with van der Waals surface area (Å²) in [5.41, 5.74) is 0.799. The second-order valence-electron chi connectivity index (χ2n) is 2.48. The molecule has 0 bridgehead atoms. The van der Waals surface area contributed by atoms with Crippen LogP contribution in [0.2, 0.25) is 0 Å². The number of benzene rings is 1. The first-order valence-corrected chi connectivity index (χ1v) is 4.03. The quantitative estimate of drug-likeness (QED) is 0.683. The van der Waals surface area contributed by atoms with Gasteiger partial charge in [-0.25, -0.2) is 0 Å². The van der Waals surface area contributed by atoms with E-state index < -0.39 is 0 Å². The maximum Gasteiger partial charge on any atom is 0.249 e. The van der Waals surface area contributed by atoms with Gasteiger partial charge in [-0.3, -0.25) is 4.79 Å². The third-order valence-electron chi connectivity index (χ3n) is 1.44. The first kappa shape index (κ1) is 9.32. The molecule has 68 valence electrons. The van der Waals surface area contributed by atoms with Gasteiger partial charge in [0.1, 0.15) is 0 Å². The molecule has 0 atom stereocenters. The van der Waals surface area contributed by atoms with Crippen molar-refractivity contribution in [1.29, 1.82) is 0 Å². The lowest BCUT2D eigenvalue weighted by molar-refractivity contribution is -0.111. The summed E-state index contributed by atoms with van der Waals surface area (Å²) < 4.78 is 0. The summed E-state index contributed by atoms with van der Waals surface area (Å²) in [5, 5.41) is 5.45. The molecule has 1 aromatic carbocycles. The third kappa shape index (κ3) is 3.42. The van der Waals surface area contributed by atoms with E-state index in [1.54, 1.807) is 13.2 Å². The first-order chi connectivity index (χ1) is 6.33. The van der Waals surface area contributed by atoms with Crippen molar-refractivity contribution in [1.82, 2.24) is 5.32 Å². The van der Waals surface area contributed by atoms with Crippen LogP contribution in [0.5, 0.6) is 0 Å². The Hall–Kier alpha value is -1.77. The van der Waals surface area contributed by atoms with E-state index in [4.69, 9.17) is 0 Å². The lowest BCUT2D eigenvalue weighted by Crippen LogP contribution is -2.08. The highest BCUT2D eigenvalue weighted by Gasteiger charge is 1.94. The topological polar surface area (TPSA) is 41.1 Å². The monoisotopic (exact) mass is 176 g/mol. The number of carbonyl (C=O) groups is 1. The van der Waals surface area contributed by atoms with Gasteiger partial charge in [0.15, 0.2) is 0 Å². The molecule has 0 aliphatic carbocycles. The molecular formula is C10H12N2O. The van der Waals surface area contributed by atoms with Gasteiger partial charge < -0.3 is 10.6 Å². The summed E-state index contributed by atoms with van der Waals surface area (Å²) >= 11 is 0. The van der Waals surface area contributed by atoms with Crippen LogP contribution >= 0.6 is 0 Å². The normalized spacial score (nSPS) is 9.92. The van der Waals surface area contributed by atoms with E-state index in [-0.39, 0.29) is 5.91 Å². The van der Waals surface area contributed by atoms with Gasteiger partial charge in [0, 0.05) is 25.0 Å². The second kappa shape index (κ2) is 4.98. The van der Waals surface area contributed by atoms with Crippen LogP contribution in [0.3, 0.4) is 0 Å². The molecule has 0 aliphatic heterocycles. The number of hydrogen-bond donors (Lipinski definition) is 2. The summed E-state index contributed by atoms with van der Waals surface area (Å²) in [5.74, 6) is -0.138. The molecular weight excluding hydrogens is 164 g/mol. The number of amides is 1. The molecule has 0 unspecified atom stereocenters. The molecule has 0 aromatic heterocycles. The third-order valence-corrected chi connectivity index (χ3v) is 1.44. The van der Waals surface area contributed by atoms with Crippen LogP contribution in [0.1, 0.15) is 0 Å². The molecule has 1 aromatic rings. The fourth-order valence-electron chi connectivity index (χ4n) is 0.864. The Labute approximate surface area is 77.5 Å². The Morgan fingerprint density at radius 2 is 2.00 bits per heavy atom. The van der Waals surface area contributed by atoms with Gasteiger partial charge in [-0.15, -0.1) is 0 Å². The molecule has 0 saturated heterocycles. The smallest absolute Gasteiger partial charge is 0.249 e. The summed E-state index contributed by atoms with van der Waals surface area (Å²) in [6.07, 6.45) is 3.02. The molecule has 0 fully saturated rings. The van der Waals surface area contributed by atoms with Crippen molar-refractivity contribution in [2.45, 2.75) is 0 Å². The number of carbonyl (C=O) groups excluding carboxylic acids is 1. The molecule has 13 heavy (non-hydrogen) atoms.